The number of hydrogen-bond donors (Lipinski definition) is 1. The van der Waals surface area contributed by atoms with Crippen molar-refractivity contribution in [2.75, 3.05) is 18.4 Å². The van der Waals surface area contributed by atoms with Gasteiger partial charge in [-0.2, -0.15) is 0 Å². The van der Waals surface area contributed by atoms with E-state index in [1.54, 1.807) is 36.4 Å². The molecule has 1 fully saturated rings. The molecule has 0 saturated carbocycles. The topological polar surface area (TPSA) is 66.5 Å². The molecule has 150 valence electrons. The molecule has 2 aromatic rings. The van der Waals surface area contributed by atoms with Crippen molar-refractivity contribution >= 4 is 44.8 Å². The molecule has 0 aliphatic carbocycles. The first-order valence-electron chi connectivity index (χ1n) is 9.04. The second-order valence-corrected chi connectivity index (χ2v) is 9.85. The van der Waals surface area contributed by atoms with Gasteiger partial charge in [0.25, 0.3) is 0 Å². The van der Waals surface area contributed by atoms with E-state index in [1.165, 1.54) is 4.31 Å². The van der Waals surface area contributed by atoms with Gasteiger partial charge in [-0.25, -0.2) is 12.7 Å². The van der Waals surface area contributed by atoms with Crippen LogP contribution >= 0.6 is 23.2 Å². The number of sulfonamides is 1. The molecule has 2 aromatic carbocycles. The van der Waals surface area contributed by atoms with E-state index in [0.29, 0.717) is 47.2 Å². The molecule has 1 heterocycles. The Morgan fingerprint density at radius 1 is 1.07 bits per heavy atom. The van der Waals surface area contributed by atoms with Crippen LogP contribution in [0.3, 0.4) is 0 Å². The molecule has 3 rings (SSSR count). The summed E-state index contributed by atoms with van der Waals surface area (Å²) in [5.74, 6) is -0.386. The second-order valence-electron chi connectivity index (χ2n) is 7.00. The van der Waals surface area contributed by atoms with Crippen LogP contribution in [-0.4, -0.2) is 31.7 Å². The van der Waals surface area contributed by atoms with Gasteiger partial charge in [0.1, 0.15) is 0 Å². The van der Waals surface area contributed by atoms with Crippen LogP contribution in [0.25, 0.3) is 0 Å². The average molecular weight is 441 g/mol. The van der Waals surface area contributed by atoms with E-state index in [9.17, 15) is 13.2 Å². The zero-order chi connectivity index (χ0) is 20.3. The SMILES string of the molecule is Cc1ccc(Cl)cc1NC(=O)C1CCN(S(=O)(=O)Cc2ccc(Cl)cc2)CC1. The first kappa shape index (κ1) is 21.1. The van der Waals surface area contributed by atoms with Crippen molar-refractivity contribution in [2.45, 2.75) is 25.5 Å². The molecule has 8 heteroatoms. The van der Waals surface area contributed by atoms with Gasteiger partial charge in [0.2, 0.25) is 15.9 Å². The van der Waals surface area contributed by atoms with Crippen LogP contribution in [0.1, 0.15) is 24.0 Å². The third-order valence-electron chi connectivity index (χ3n) is 4.94. The molecule has 1 saturated heterocycles. The summed E-state index contributed by atoms with van der Waals surface area (Å²) in [7, 11) is -3.43. The van der Waals surface area contributed by atoms with Crippen molar-refractivity contribution in [3.63, 3.8) is 0 Å². The van der Waals surface area contributed by atoms with Crippen LogP contribution in [-0.2, 0) is 20.6 Å². The number of nitrogens with one attached hydrogen (secondary N) is 1. The molecule has 1 aliphatic heterocycles. The summed E-state index contributed by atoms with van der Waals surface area (Å²) >= 11 is 11.8. The molecule has 1 aliphatic rings. The van der Waals surface area contributed by atoms with E-state index in [-0.39, 0.29) is 17.6 Å². The van der Waals surface area contributed by atoms with Gasteiger partial charge in [0.15, 0.2) is 0 Å². The molecule has 0 atom stereocenters. The summed E-state index contributed by atoms with van der Waals surface area (Å²) in [6.07, 6.45) is 0.983. The van der Waals surface area contributed by atoms with Crippen LogP contribution in [0.4, 0.5) is 5.69 Å². The van der Waals surface area contributed by atoms with E-state index in [4.69, 9.17) is 23.2 Å². The monoisotopic (exact) mass is 440 g/mol. The summed E-state index contributed by atoms with van der Waals surface area (Å²) in [5, 5.41) is 4.05. The molecule has 5 nitrogen and oxygen atoms in total. The van der Waals surface area contributed by atoms with E-state index < -0.39 is 10.0 Å². The number of aryl methyl sites for hydroxylation is 1. The Labute approximate surface area is 175 Å². The maximum absolute atomic E-state index is 12.7. The Morgan fingerprint density at radius 3 is 2.32 bits per heavy atom. The minimum Gasteiger partial charge on any atom is -0.326 e. The normalized spacial score (nSPS) is 16.1. The summed E-state index contributed by atoms with van der Waals surface area (Å²) in [5.41, 5.74) is 2.32. The van der Waals surface area contributed by atoms with Gasteiger partial charge in [-0.05, 0) is 55.2 Å². The number of hydrogen-bond acceptors (Lipinski definition) is 3. The summed E-state index contributed by atoms with van der Waals surface area (Å²) in [4.78, 5) is 12.6. The third-order valence-corrected chi connectivity index (χ3v) is 7.28. The average Bonchev–Trinajstić information content (AvgIpc) is 2.66. The molecule has 1 N–H and O–H groups in total. The predicted octanol–water partition coefficient (Wildman–Crippen LogP) is 4.48. The maximum atomic E-state index is 12.7. The lowest BCUT2D eigenvalue weighted by molar-refractivity contribution is -0.120. The third kappa shape index (κ3) is 5.26. The highest BCUT2D eigenvalue weighted by Gasteiger charge is 2.31. The number of amides is 1. The van der Waals surface area contributed by atoms with Crippen LogP contribution in [0, 0.1) is 12.8 Å². The quantitative estimate of drug-likeness (QED) is 0.744. The Bertz CT molecular complexity index is 954. The van der Waals surface area contributed by atoms with Crippen molar-refractivity contribution in [2.24, 2.45) is 5.92 Å². The zero-order valence-electron chi connectivity index (χ0n) is 15.5. The van der Waals surface area contributed by atoms with Gasteiger partial charge in [-0.1, -0.05) is 41.4 Å². The number of benzene rings is 2. The Kier molecular flexibility index (Phi) is 6.65. The molecule has 1 amide bonds. The lowest BCUT2D eigenvalue weighted by atomic mass is 9.97. The van der Waals surface area contributed by atoms with Gasteiger partial charge >= 0.3 is 0 Å². The van der Waals surface area contributed by atoms with Gasteiger partial charge < -0.3 is 5.32 Å². The van der Waals surface area contributed by atoms with Gasteiger partial charge in [-0.15, -0.1) is 0 Å². The molecule has 0 bridgehead atoms. The van der Waals surface area contributed by atoms with E-state index >= 15 is 0 Å². The fourth-order valence-electron chi connectivity index (χ4n) is 3.24. The first-order chi connectivity index (χ1) is 13.2. The van der Waals surface area contributed by atoms with E-state index in [0.717, 1.165) is 5.56 Å². The Morgan fingerprint density at radius 2 is 1.68 bits per heavy atom. The number of nitrogens with zero attached hydrogens (tertiary/aromatic N) is 1. The number of anilines is 1. The highest BCUT2D eigenvalue weighted by molar-refractivity contribution is 7.88. The van der Waals surface area contributed by atoms with Crippen molar-refractivity contribution in [1.29, 1.82) is 0 Å². The predicted molar refractivity (Wildman–Crippen MR) is 113 cm³/mol. The molecule has 0 radical (unpaired) electrons. The molecule has 0 aromatic heterocycles. The van der Waals surface area contributed by atoms with Crippen LogP contribution < -0.4 is 5.32 Å². The molecule has 0 spiro atoms. The molecular formula is C20H22Cl2N2O3S. The summed E-state index contributed by atoms with van der Waals surface area (Å²) < 4.78 is 26.8. The highest BCUT2D eigenvalue weighted by atomic mass is 35.5. The molecular weight excluding hydrogens is 419 g/mol. The van der Waals surface area contributed by atoms with Gasteiger partial charge in [0.05, 0.1) is 5.75 Å². The van der Waals surface area contributed by atoms with E-state index in [2.05, 4.69) is 5.32 Å². The number of carbonyl (C=O) groups is 1. The Hall–Kier alpha value is -1.60. The van der Waals surface area contributed by atoms with Crippen LogP contribution in [0.15, 0.2) is 42.5 Å². The van der Waals surface area contributed by atoms with Crippen molar-refractivity contribution in [1.82, 2.24) is 4.31 Å². The largest absolute Gasteiger partial charge is 0.326 e. The standard InChI is InChI=1S/C20H22Cl2N2O3S/c1-14-2-5-18(22)12-19(14)23-20(25)16-8-10-24(11-9-16)28(26,27)13-15-3-6-17(21)7-4-15/h2-7,12,16H,8-11,13H2,1H3,(H,23,25). The van der Waals surface area contributed by atoms with Crippen molar-refractivity contribution in [3.05, 3.63) is 63.6 Å². The van der Waals surface area contributed by atoms with Gasteiger partial charge in [-0.3, -0.25) is 4.79 Å². The molecule has 0 unspecified atom stereocenters. The number of rotatable bonds is 5. The fourth-order valence-corrected chi connectivity index (χ4v) is 5.10. The zero-order valence-corrected chi connectivity index (χ0v) is 17.8. The first-order valence-corrected chi connectivity index (χ1v) is 11.4. The number of carbonyl (C=O) groups excluding carboxylic acids is 1. The minimum absolute atomic E-state index is 0.0667. The minimum atomic E-state index is -3.43. The van der Waals surface area contributed by atoms with Crippen LogP contribution in [0.2, 0.25) is 10.0 Å². The highest BCUT2D eigenvalue weighted by Crippen LogP contribution is 2.25. The lowest BCUT2D eigenvalue weighted by Gasteiger charge is -2.30. The van der Waals surface area contributed by atoms with E-state index in [1.807, 2.05) is 13.0 Å². The van der Waals surface area contributed by atoms with Gasteiger partial charge in [0, 0.05) is 34.7 Å². The summed E-state index contributed by atoms with van der Waals surface area (Å²) in [6, 6.07) is 12.1. The molecule has 28 heavy (non-hydrogen) atoms. The Balaban J connectivity index is 1.58. The maximum Gasteiger partial charge on any atom is 0.227 e. The summed E-state index contributed by atoms with van der Waals surface area (Å²) in [6.45, 7) is 2.57. The van der Waals surface area contributed by atoms with Crippen molar-refractivity contribution in [3.8, 4) is 0 Å². The number of piperidine rings is 1. The van der Waals surface area contributed by atoms with Crippen molar-refractivity contribution < 1.29 is 13.2 Å². The smallest absolute Gasteiger partial charge is 0.227 e. The lowest BCUT2D eigenvalue weighted by Crippen LogP contribution is -2.41. The second kappa shape index (κ2) is 8.82. The number of halogens is 2. The van der Waals surface area contributed by atoms with Crippen LogP contribution in [0.5, 0.6) is 0 Å². The fraction of sp³-hybridized carbons (Fsp3) is 0.350.